The van der Waals surface area contributed by atoms with E-state index >= 15 is 0 Å². The molecule has 0 bridgehead atoms. The van der Waals surface area contributed by atoms with Gasteiger partial charge in [0, 0.05) is 25.3 Å². The van der Waals surface area contributed by atoms with Gasteiger partial charge in [-0.15, -0.1) is 0 Å². The number of piperidine rings is 1. The summed E-state index contributed by atoms with van der Waals surface area (Å²) in [6.07, 6.45) is 3.75. The molecule has 2 atom stereocenters. The molecule has 7 nitrogen and oxygen atoms in total. The van der Waals surface area contributed by atoms with Crippen LogP contribution in [0.1, 0.15) is 36.0 Å². The van der Waals surface area contributed by atoms with Gasteiger partial charge >= 0.3 is 0 Å². The summed E-state index contributed by atoms with van der Waals surface area (Å²) in [5.74, 6) is 5.34. The summed E-state index contributed by atoms with van der Waals surface area (Å²) in [5, 5.41) is 0. The first kappa shape index (κ1) is 19.1. The van der Waals surface area contributed by atoms with E-state index in [0.717, 1.165) is 36.8 Å². The number of halogens is 1. The van der Waals surface area contributed by atoms with Crippen molar-refractivity contribution in [2.24, 2.45) is 11.8 Å². The summed E-state index contributed by atoms with van der Waals surface area (Å²) >= 11 is 3.48. The maximum absolute atomic E-state index is 12.8. The van der Waals surface area contributed by atoms with Crippen LogP contribution >= 0.6 is 15.9 Å². The van der Waals surface area contributed by atoms with Crippen molar-refractivity contribution in [1.82, 2.24) is 10.3 Å². The lowest BCUT2D eigenvalue weighted by molar-refractivity contribution is -0.126. The van der Waals surface area contributed by atoms with Crippen molar-refractivity contribution in [2.45, 2.75) is 31.8 Å². The second kappa shape index (κ2) is 8.83. The number of rotatable bonds is 5. The number of amides is 2. The third-order valence-corrected chi connectivity index (χ3v) is 5.47. The summed E-state index contributed by atoms with van der Waals surface area (Å²) in [7, 11) is 0. The number of benzene rings is 1. The Hall–Kier alpha value is -1.64. The molecule has 0 aromatic heterocycles. The van der Waals surface area contributed by atoms with Gasteiger partial charge in [-0.2, -0.15) is 0 Å². The Morgan fingerprint density at radius 3 is 2.88 bits per heavy atom. The van der Waals surface area contributed by atoms with Gasteiger partial charge in [0.2, 0.25) is 5.91 Å². The Kier molecular flexibility index (Phi) is 6.50. The fraction of sp³-hybridized carbons (Fsp3) is 0.556. The number of nitrogens with one attached hydrogen (secondary N) is 1. The Bertz CT molecular complexity index is 664. The Morgan fingerprint density at radius 1 is 1.35 bits per heavy atom. The minimum Gasteiger partial charge on any atom is -0.490 e. The van der Waals surface area contributed by atoms with E-state index in [2.05, 4.69) is 21.4 Å². The van der Waals surface area contributed by atoms with Gasteiger partial charge in [0.1, 0.15) is 12.4 Å². The molecule has 3 rings (SSSR count). The molecule has 26 heavy (non-hydrogen) atoms. The molecule has 1 aromatic rings. The fourth-order valence-corrected chi connectivity index (χ4v) is 3.88. The molecule has 2 saturated heterocycles. The highest BCUT2D eigenvalue weighted by Crippen LogP contribution is 2.28. The molecule has 2 aliphatic rings. The lowest BCUT2D eigenvalue weighted by Crippen LogP contribution is -2.47. The van der Waals surface area contributed by atoms with Crippen molar-refractivity contribution >= 4 is 27.7 Å². The van der Waals surface area contributed by atoms with E-state index in [1.807, 2.05) is 0 Å². The zero-order valence-electron chi connectivity index (χ0n) is 14.6. The lowest BCUT2D eigenvalue weighted by Gasteiger charge is -2.31. The molecule has 0 radical (unpaired) electrons. The van der Waals surface area contributed by atoms with E-state index in [9.17, 15) is 9.59 Å². The number of carbonyl (C=O) groups excluding carboxylic acids is 2. The molecule has 142 valence electrons. The normalized spacial score (nSPS) is 22.9. The molecule has 0 spiro atoms. The van der Waals surface area contributed by atoms with Crippen LogP contribution in [0.2, 0.25) is 0 Å². The number of nitrogens with two attached hydrogens (primary N) is 1. The van der Waals surface area contributed by atoms with Crippen LogP contribution in [-0.4, -0.2) is 49.1 Å². The molecule has 2 unspecified atom stereocenters. The third kappa shape index (κ3) is 4.55. The molecule has 8 heteroatoms. The summed E-state index contributed by atoms with van der Waals surface area (Å²) in [4.78, 5) is 26.2. The van der Waals surface area contributed by atoms with Crippen molar-refractivity contribution in [3.8, 4) is 5.75 Å². The van der Waals surface area contributed by atoms with Gasteiger partial charge in [-0.05, 0) is 59.8 Å². The quantitative estimate of drug-likeness (QED) is 0.426. The van der Waals surface area contributed by atoms with E-state index in [4.69, 9.17) is 15.3 Å². The van der Waals surface area contributed by atoms with Gasteiger partial charge in [0.25, 0.3) is 5.91 Å². The van der Waals surface area contributed by atoms with E-state index < -0.39 is 0 Å². The molecular formula is C18H24BrN3O4. The van der Waals surface area contributed by atoms with Crippen LogP contribution in [-0.2, 0) is 9.53 Å². The first-order valence-corrected chi connectivity index (χ1v) is 9.71. The van der Waals surface area contributed by atoms with E-state index in [0.29, 0.717) is 31.0 Å². The highest BCUT2D eigenvalue weighted by molar-refractivity contribution is 9.10. The SMILES string of the molecule is NNC(=O)C1CCCN(C(=O)c2ccc(OCC3CCCO3)c(Br)c2)C1. The van der Waals surface area contributed by atoms with Crippen molar-refractivity contribution in [1.29, 1.82) is 0 Å². The van der Waals surface area contributed by atoms with Crippen molar-refractivity contribution in [3.05, 3.63) is 28.2 Å². The summed E-state index contributed by atoms with van der Waals surface area (Å²) in [5.41, 5.74) is 2.74. The van der Waals surface area contributed by atoms with Gasteiger partial charge in [-0.3, -0.25) is 15.0 Å². The van der Waals surface area contributed by atoms with E-state index in [1.165, 1.54) is 0 Å². The molecule has 2 amide bonds. The van der Waals surface area contributed by atoms with Crippen LogP contribution in [0, 0.1) is 5.92 Å². The minimum atomic E-state index is -0.254. The largest absolute Gasteiger partial charge is 0.490 e. The van der Waals surface area contributed by atoms with Crippen LogP contribution in [0.4, 0.5) is 0 Å². The maximum Gasteiger partial charge on any atom is 0.253 e. The molecular weight excluding hydrogens is 402 g/mol. The minimum absolute atomic E-state index is 0.0918. The van der Waals surface area contributed by atoms with Crippen LogP contribution < -0.4 is 16.0 Å². The fourth-order valence-electron chi connectivity index (χ4n) is 3.39. The Labute approximate surface area is 161 Å². The number of hydrogen-bond acceptors (Lipinski definition) is 5. The van der Waals surface area contributed by atoms with Crippen LogP contribution in [0.15, 0.2) is 22.7 Å². The van der Waals surface area contributed by atoms with Crippen molar-refractivity contribution < 1.29 is 19.1 Å². The summed E-state index contributed by atoms with van der Waals surface area (Å²) in [6, 6.07) is 5.31. The monoisotopic (exact) mass is 425 g/mol. The van der Waals surface area contributed by atoms with Gasteiger partial charge < -0.3 is 14.4 Å². The van der Waals surface area contributed by atoms with Gasteiger partial charge in [-0.1, -0.05) is 0 Å². The molecule has 3 N–H and O–H groups in total. The van der Waals surface area contributed by atoms with E-state index in [-0.39, 0.29) is 23.8 Å². The number of hydrazine groups is 1. The Balaban J connectivity index is 1.62. The second-order valence-corrected chi connectivity index (χ2v) is 7.54. The zero-order chi connectivity index (χ0) is 18.5. The van der Waals surface area contributed by atoms with Crippen LogP contribution in [0.5, 0.6) is 5.75 Å². The second-order valence-electron chi connectivity index (χ2n) is 6.69. The average Bonchev–Trinajstić information content (AvgIpc) is 3.19. The van der Waals surface area contributed by atoms with Crippen molar-refractivity contribution in [3.63, 3.8) is 0 Å². The molecule has 2 heterocycles. The van der Waals surface area contributed by atoms with Gasteiger partial charge in [-0.25, -0.2) is 5.84 Å². The first-order valence-electron chi connectivity index (χ1n) is 8.92. The molecule has 1 aromatic carbocycles. The predicted molar refractivity (Wildman–Crippen MR) is 99.6 cm³/mol. The average molecular weight is 426 g/mol. The smallest absolute Gasteiger partial charge is 0.253 e. The highest BCUT2D eigenvalue weighted by atomic mass is 79.9. The van der Waals surface area contributed by atoms with Gasteiger partial charge in [0.15, 0.2) is 0 Å². The standard InChI is InChI=1S/C18H24BrN3O4/c19-15-9-12(5-6-16(15)26-11-14-4-2-8-25-14)18(24)22-7-1-3-13(10-22)17(23)21-20/h5-6,9,13-14H,1-4,7-8,10-11,20H2,(H,21,23). The number of nitrogens with zero attached hydrogens (tertiary/aromatic N) is 1. The number of carbonyl (C=O) groups is 2. The molecule has 2 fully saturated rings. The predicted octanol–water partition coefficient (Wildman–Crippen LogP) is 1.85. The lowest BCUT2D eigenvalue weighted by atomic mass is 9.96. The highest BCUT2D eigenvalue weighted by Gasteiger charge is 2.28. The molecule has 2 aliphatic heterocycles. The first-order chi connectivity index (χ1) is 12.6. The van der Waals surface area contributed by atoms with Crippen molar-refractivity contribution in [2.75, 3.05) is 26.3 Å². The maximum atomic E-state index is 12.8. The summed E-state index contributed by atoms with van der Waals surface area (Å²) < 4.78 is 12.1. The molecule has 0 saturated carbocycles. The third-order valence-electron chi connectivity index (χ3n) is 4.85. The number of ether oxygens (including phenoxy) is 2. The number of hydrogen-bond donors (Lipinski definition) is 2. The number of likely N-dealkylation sites (tertiary alicyclic amines) is 1. The molecule has 0 aliphatic carbocycles. The zero-order valence-corrected chi connectivity index (χ0v) is 16.2. The topological polar surface area (TPSA) is 93.9 Å². The van der Waals surface area contributed by atoms with Crippen LogP contribution in [0.25, 0.3) is 0 Å². The van der Waals surface area contributed by atoms with Gasteiger partial charge in [0.05, 0.1) is 16.5 Å². The van der Waals surface area contributed by atoms with Crippen LogP contribution in [0.3, 0.4) is 0 Å². The van der Waals surface area contributed by atoms with E-state index in [1.54, 1.807) is 23.1 Å². The summed E-state index contributed by atoms with van der Waals surface area (Å²) in [6.45, 7) is 2.33. The Morgan fingerprint density at radius 2 is 2.19 bits per heavy atom.